The highest BCUT2D eigenvalue weighted by Gasteiger charge is 1.87. The Morgan fingerprint density at radius 3 is 2.44 bits per heavy atom. The van der Waals surface area contributed by atoms with Crippen LogP contribution in [-0.4, -0.2) is 5.91 Å². The maximum atomic E-state index is 10.3. The highest BCUT2D eigenvalue weighted by atomic mass is 35.5. The first kappa shape index (κ1) is 8.53. The molecule has 0 aromatic carbocycles. The van der Waals surface area contributed by atoms with Gasteiger partial charge in [-0.25, -0.2) is 0 Å². The second-order valence-electron chi connectivity index (χ2n) is 1.15. The number of carbonyl (C=O) groups is 1. The zero-order valence-electron chi connectivity index (χ0n) is 4.53. The third-order valence-corrected chi connectivity index (χ3v) is 0.727. The molecule has 0 spiro atoms. The van der Waals surface area contributed by atoms with Crippen LogP contribution in [0.5, 0.6) is 0 Å². The summed E-state index contributed by atoms with van der Waals surface area (Å²) in [7, 11) is 0. The normalized spacial score (nSPS) is 7.78. The first-order valence-electron chi connectivity index (χ1n) is 2.11. The molecular formula is C5H5Cl2NO. The summed E-state index contributed by atoms with van der Waals surface area (Å²) < 4.78 is 0.00481. The van der Waals surface area contributed by atoms with Crippen LogP contribution in [0.4, 0.5) is 0 Å². The predicted molar refractivity (Wildman–Crippen MR) is 38.1 cm³/mol. The summed E-state index contributed by atoms with van der Waals surface area (Å²) in [4.78, 5) is 10.3. The minimum absolute atomic E-state index is 0.00481. The Morgan fingerprint density at radius 2 is 2.11 bits per heavy atom. The molecule has 0 heterocycles. The molecule has 0 saturated carbocycles. The van der Waals surface area contributed by atoms with Gasteiger partial charge in [0.05, 0.1) is 0 Å². The van der Waals surface area contributed by atoms with E-state index >= 15 is 0 Å². The summed E-state index contributed by atoms with van der Waals surface area (Å²) in [5.41, 5.74) is 0. The van der Waals surface area contributed by atoms with Crippen molar-refractivity contribution in [3.8, 4) is 0 Å². The lowest BCUT2D eigenvalue weighted by Crippen LogP contribution is -2.12. The van der Waals surface area contributed by atoms with E-state index in [4.69, 9.17) is 23.2 Å². The van der Waals surface area contributed by atoms with Gasteiger partial charge in [-0.2, -0.15) is 0 Å². The number of nitrogens with one attached hydrogen (secondary N) is 1. The van der Waals surface area contributed by atoms with Crippen LogP contribution in [0.15, 0.2) is 23.3 Å². The van der Waals surface area contributed by atoms with Crippen molar-refractivity contribution in [1.82, 2.24) is 5.32 Å². The summed E-state index contributed by atoms with van der Waals surface area (Å²) in [5, 5.41) is 2.25. The van der Waals surface area contributed by atoms with Gasteiger partial charge in [-0.1, -0.05) is 29.8 Å². The summed E-state index contributed by atoms with van der Waals surface area (Å²) in [6.45, 7) is 3.21. The maximum absolute atomic E-state index is 10.3. The van der Waals surface area contributed by atoms with Gasteiger partial charge in [0.2, 0.25) is 5.91 Å². The van der Waals surface area contributed by atoms with E-state index < -0.39 is 0 Å². The van der Waals surface area contributed by atoms with Crippen LogP contribution in [0.25, 0.3) is 0 Å². The molecule has 50 valence electrons. The molecule has 0 aromatic rings. The average molecular weight is 166 g/mol. The number of amides is 1. The van der Waals surface area contributed by atoms with Crippen molar-refractivity contribution in [2.24, 2.45) is 0 Å². The molecule has 0 aromatic heterocycles. The van der Waals surface area contributed by atoms with Crippen LogP contribution in [0.2, 0.25) is 0 Å². The molecular weight excluding hydrogens is 161 g/mol. The summed E-state index contributed by atoms with van der Waals surface area (Å²) >= 11 is 10.3. The lowest BCUT2D eigenvalue weighted by atomic mass is 10.6. The van der Waals surface area contributed by atoms with Gasteiger partial charge >= 0.3 is 0 Å². The van der Waals surface area contributed by atoms with Crippen LogP contribution in [-0.2, 0) is 4.79 Å². The van der Waals surface area contributed by atoms with E-state index in [0.29, 0.717) is 0 Å². The maximum Gasteiger partial charge on any atom is 0.247 e. The van der Waals surface area contributed by atoms with E-state index in [2.05, 4.69) is 11.9 Å². The van der Waals surface area contributed by atoms with Crippen molar-refractivity contribution in [3.63, 3.8) is 0 Å². The third-order valence-electron chi connectivity index (χ3n) is 0.509. The molecule has 9 heavy (non-hydrogen) atoms. The first-order chi connectivity index (χ1) is 4.16. The molecule has 0 fully saturated rings. The molecule has 0 aliphatic rings. The zero-order chi connectivity index (χ0) is 7.28. The Morgan fingerprint density at radius 1 is 1.56 bits per heavy atom. The molecule has 0 atom stereocenters. The van der Waals surface area contributed by atoms with Gasteiger partial charge in [0.15, 0.2) is 0 Å². The fraction of sp³-hybridized carbons (Fsp3) is 0. The van der Waals surface area contributed by atoms with E-state index in [1.165, 1.54) is 6.20 Å². The van der Waals surface area contributed by atoms with E-state index in [-0.39, 0.29) is 10.4 Å². The predicted octanol–water partition coefficient (Wildman–Crippen LogP) is 1.57. The van der Waals surface area contributed by atoms with Crippen molar-refractivity contribution in [2.45, 2.75) is 0 Å². The quantitative estimate of drug-likeness (QED) is 0.619. The third kappa shape index (κ3) is 5.40. The summed E-state index contributed by atoms with van der Waals surface area (Å²) in [5.74, 6) is -0.339. The number of hydrogen-bond acceptors (Lipinski definition) is 1. The first-order valence-corrected chi connectivity index (χ1v) is 2.86. The van der Waals surface area contributed by atoms with Gasteiger partial charge < -0.3 is 5.32 Å². The Labute approximate surface area is 63.1 Å². The molecule has 0 saturated heterocycles. The fourth-order valence-corrected chi connectivity index (χ4v) is 0.294. The topological polar surface area (TPSA) is 29.1 Å². The smallest absolute Gasteiger partial charge is 0.247 e. The summed E-state index contributed by atoms with van der Waals surface area (Å²) in [6.07, 6.45) is 2.29. The van der Waals surface area contributed by atoms with E-state index in [0.717, 1.165) is 6.08 Å². The molecule has 0 aliphatic carbocycles. The molecule has 0 radical (unpaired) electrons. The van der Waals surface area contributed by atoms with Crippen LogP contribution in [0.3, 0.4) is 0 Å². The van der Waals surface area contributed by atoms with Gasteiger partial charge in [0, 0.05) is 6.20 Å². The molecule has 0 unspecified atom stereocenters. The lowest BCUT2D eigenvalue weighted by molar-refractivity contribution is -0.115. The van der Waals surface area contributed by atoms with Crippen molar-refractivity contribution < 1.29 is 4.79 Å². The summed E-state index contributed by atoms with van der Waals surface area (Å²) in [6, 6.07) is 0. The largest absolute Gasteiger partial charge is 0.327 e. The second kappa shape index (κ2) is 4.41. The van der Waals surface area contributed by atoms with Gasteiger partial charge in [0.25, 0.3) is 0 Å². The Kier molecular flexibility index (Phi) is 4.18. The molecule has 0 aliphatic heterocycles. The SMILES string of the molecule is C=CC(=O)NC=C(Cl)Cl. The lowest BCUT2D eigenvalue weighted by Gasteiger charge is -1.89. The minimum atomic E-state index is -0.339. The number of halogens is 2. The highest BCUT2D eigenvalue weighted by molar-refractivity contribution is 6.55. The monoisotopic (exact) mass is 165 g/mol. The van der Waals surface area contributed by atoms with E-state index in [1.54, 1.807) is 0 Å². The van der Waals surface area contributed by atoms with Crippen molar-refractivity contribution in [1.29, 1.82) is 0 Å². The highest BCUT2D eigenvalue weighted by Crippen LogP contribution is 2.02. The standard InChI is InChI=1S/C5H5Cl2NO/c1-2-5(9)8-3-4(6)7/h2-3H,1H2,(H,8,9). The van der Waals surface area contributed by atoms with Gasteiger partial charge in [0.1, 0.15) is 4.49 Å². The van der Waals surface area contributed by atoms with Crippen LogP contribution >= 0.6 is 23.2 Å². The molecule has 4 heteroatoms. The molecule has 0 rings (SSSR count). The fourth-order valence-electron chi connectivity index (χ4n) is 0.185. The second-order valence-corrected chi connectivity index (χ2v) is 2.15. The van der Waals surface area contributed by atoms with Gasteiger partial charge in [-0.3, -0.25) is 4.79 Å². The zero-order valence-corrected chi connectivity index (χ0v) is 6.04. The average Bonchev–Trinajstić information content (AvgIpc) is 1.83. The van der Waals surface area contributed by atoms with E-state index in [9.17, 15) is 4.79 Å². The minimum Gasteiger partial charge on any atom is -0.327 e. The Bertz CT molecular complexity index is 149. The van der Waals surface area contributed by atoms with Gasteiger partial charge in [-0.05, 0) is 6.08 Å². The molecule has 2 nitrogen and oxygen atoms in total. The number of hydrogen-bond donors (Lipinski definition) is 1. The van der Waals surface area contributed by atoms with Crippen molar-refractivity contribution in [2.75, 3.05) is 0 Å². The Balaban J connectivity index is 3.63. The molecule has 1 amide bonds. The van der Waals surface area contributed by atoms with Crippen LogP contribution in [0, 0.1) is 0 Å². The van der Waals surface area contributed by atoms with Crippen molar-refractivity contribution in [3.05, 3.63) is 23.3 Å². The van der Waals surface area contributed by atoms with Gasteiger partial charge in [-0.15, -0.1) is 0 Å². The Hall–Kier alpha value is -0.470. The van der Waals surface area contributed by atoms with Crippen LogP contribution in [0.1, 0.15) is 0 Å². The molecule has 0 bridgehead atoms. The van der Waals surface area contributed by atoms with Crippen LogP contribution < -0.4 is 5.32 Å². The number of rotatable bonds is 2. The van der Waals surface area contributed by atoms with Crippen molar-refractivity contribution >= 4 is 29.1 Å². The van der Waals surface area contributed by atoms with E-state index in [1.807, 2.05) is 0 Å². The number of carbonyl (C=O) groups excluding carboxylic acids is 1. The molecule has 1 N–H and O–H groups in total.